The SMILES string of the molecule is C=C(/C=C(\C(=C)Cl)C(=O)OCC)NC1(C(=O)Nc2nc3ccc4[nH]ncc4c3s2)CC1. The molecule has 0 atom stereocenters. The molecule has 10 heteroatoms. The largest absolute Gasteiger partial charge is 0.462 e. The van der Waals surface area contributed by atoms with Crippen LogP contribution in [-0.4, -0.2) is 39.2 Å². The summed E-state index contributed by atoms with van der Waals surface area (Å²) in [5, 5.41) is 14.5. The summed E-state index contributed by atoms with van der Waals surface area (Å²) in [5.74, 6) is -0.813. The van der Waals surface area contributed by atoms with E-state index in [0.29, 0.717) is 23.7 Å². The van der Waals surface area contributed by atoms with Gasteiger partial charge in [0.25, 0.3) is 5.91 Å². The maximum Gasteiger partial charge on any atom is 0.339 e. The lowest BCUT2D eigenvalue weighted by molar-refractivity contribution is -0.138. The Hall–Kier alpha value is -3.17. The molecule has 0 unspecified atom stereocenters. The number of esters is 1. The predicted molar refractivity (Wildman–Crippen MR) is 122 cm³/mol. The van der Waals surface area contributed by atoms with Crippen molar-refractivity contribution in [3.63, 3.8) is 0 Å². The zero-order valence-corrected chi connectivity index (χ0v) is 18.3. The van der Waals surface area contributed by atoms with Crippen LogP contribution in [0.4, 0.5) is 5.13 Å². The Morgan fingerprint density at radius 2 is 2.16 bits per heavy atom. The number of hydrogen-bond donors (Lipinski definition) is 3. The van der Waals surface area contributed by atoms with Gasteiger partial charge < -0.3 is 10.1 Å². The Bertz CT molecular complexity index is 1250. The highest BCUT2D eigenvalue weighted by atomic mass is 35.5. The molecule has 160 valence electrons. The molecule has 3 N–H and O–H groups in total. The number of aromatic nitrogens is 3. The molecule has 0 spiro atoms. The van der Waals surface area contributed by atoms with Gasteiger partial charge in [0.15, 0.2) is 5.13 Å². The number of nitrogens with zero attached hydrogens (tertiary/aromatic N) is 2. The smallest absolute Gasteiger partial charge is 0.339 e. The Morgan fingerprint density at radius 3 is 2.84 bits per heavy atom. The van der Waals surface area contributed by atoms with Gasteiger partial charge in [0.05, 0.1) is 34.1 Å². The number of nitrogens with one attached hydrogen (secondary N) is 3. The molecule has 31 heavy (non-hydrogen) atoms. The molecule has 3 aromatic rings. The number of benzene rings is 1. The number of anilines is 1. The van der Waals surface area contributed by atoms with Gasteiger partial charge in [-0.2, -0.15) is 5.10 Å². The van der Waals surface area contributed by atoms with Gasteiger partial charge in [-0.15, -0.1) is 0 Å². The van der Waals surface area contributed by atoms with E-state index >= 15 is 0 Å². The van der Waals surface area contributed by atoms with Crippen molar-refractivity contribution in [3.8, 4) is 0 Å². The van der Waals surface area contributed by atoms with Gasteiger partial charge in [-0.25, -0.2) is 9.78 Å². The van der Waals surface area contributed by atoms with E-state index in [0.717, 1.165) is 21.1 Å². The highest BCUT2D eigenvalue weighted by Gasteiger charge is 2.50. The van der Waals surface area contributed by atoms with Crippen LogP contribution in [0.25, 0.3) is 21.1 Å². The number of allylic oxidation sites excluding steroid dienone is 1. The molecule has 0 radical (unpaired) electrons. The Morgan fingerprint density at radius 1 is 1.39 bits per heavy atom. The van der Waals surface area contributed by atoms with Crippen molar-refractivity contribution in [3.05, 3.63) is 53.9 Å². The van der Waals surface area contributed by atoms with Crippen molar-refractivity contribution in [1.29, 1.82) is 0 Å². The summed E-state index contributed by atoms with van der Waals surface area (Å²) >= 11 is 7.31. The first kappa shape index (κ1) is 21.1. The normalized spacial score (nSPS) is 15.0. The van der Waals surface area contributed by atoms with Crippen LogP contribution in [-0.2, 0) is 14.3 Å². The molecular weight excluding hydrogens is 438 g/mol. The highest BCUT2D eigenvalue weighted by molar-refractivity contribution is 7.23. The van der Waals surface area contributed by atoms with Crippen molar-refractivity contribution < 1.29 is 14.3 Å². The molecule has 0 saturated heterocycles. The summed E-state index contributed by atoms with van der Waals surface area (Å²) in [6, 6.07) is 3.79. The van der Waals surface area contributed by atoms with Gasteiger partial charge in [0, 0.05) is 16.1 Å². The van der Waals surface area contributed by atoms with E-state index < -0.39 is 11.5 Å². The molecule has 8 nitrogen and oxygen atoms in total. The van der Waals surface area contributed by atoms with Crippen LogP contribution in [0.5, 0.6) is 0 Å². The van der Waals surface area contributed by atoms with Crippen LogP contribution < -0.4 is 10.6 Å². The standard InChI is InChI=1S/C21H20ClN5O3S/c1-4-30-18(28)13(12(3)22)9-11(2)26-21(7-8-21)19(29)25-20-24-16-6-5-15-14(10-23-27-15)17(16)31-20/h5-6,9-10,26H,2-4,7-8H2,1H3,(H,23,27)(H,24,25,29)/b13-9+. The molecule has 1 saturated carbocycles. The lowest BCUT2D eigenvalue weighted by Crippen LogP contribution is -2.42. The average molecular weight is 458 g/mol. The molecule has 1 fully saturated rings. The van der Waals surface area contributed by atoms with E-state index in [1.807, 2.05) is 12.1 Å². The lowest BCUT2D eigenvalue weighted by Gasteiger charge is -2.18. The third-order valence-corrected chi connectivity index (χ3v) is 6.11. The fourth-order valence-corrected chi connectivity index (χ4v) is 4.29. The fourth-order valence-electron chi connectivity index (χ4n) is 3.18. The summed E-state index contributed by atoms with van der Waals surface area (Å²) in [4.78, 5) is 29.5. The average Bonchev–Trinajstić information content (AvgIpc) is 3.15. The van der Waals surface area contributed by atoms with Gasteiger partial charge >= 0.3 is 5.97 Å². The number of fused-ring (bicyclic) bond motifs is 3. The molecule has 2 heterocycles. The zero-order chi connectivity index (χ0) is 22.2. The van der Waals surface area contributed by atoms with E-state index in [1.54, 1.807) is 13.1 Å². The summed E-state index contributed by atoms with van der Waals surface area (Å²) < 4.78 is 5.93. The highest BCUT2D eigenvalue weighted by Crippen LogP contribution is 2.39. The third kappa shape index (κ3) is 4.19. The lowest BCUT2D eigenvalue weighted by atomic mass is 10.2. The first-order valence-electron chi connectivity index (χ1n) is 9.58. The maximum atomic E-state index is 13.0. The number of H-pyrrole nitrogens is 1. The minimum Gasteiger partial charge on any atom is -0.462 e. The van der Waals surface area contributed by atoms with Crippen molar-refractivity contribution in [2.45, 2.75) is 25.3 Å². The van der Waals surface area contributed by atoms with Crippen LogP contribution >= 0.6 is 22.9 Å². The number of carbonyl (C=O) groups is 2. The van der Waals surface area contributed by atoms with Gasteiger partial charge in [-0.1, -0.05) is 36.1 Å². The zero-order valence-electron chi connectivity index (χ0n) is 16.8. The second kappa shape index (κ2) is 8.16. The summed E-state index contributed by atoms with van der Waals surface area (Å²) in [7, 11) is 0. The molecule has 0 aliphatic heterocycles. The predicted octanol–water partition coefficient (Wildman–Crippen LogP) is 3.99. The molecule has 1 amide bonds. The maximum absolute atomic E-state index is 13.0. The van der Waals surface area contributed by atoms with Crippen molar-refractivity contribution in [2.75, 3.05) is 11.9 Å². The number of ether oxygens (including phenoxy) is 1. The van der Waals surface area contributed by atoms with E-state index in [-0.39, 0.29) is 23.1 Å². The van der Waals surface area contributed by atoms with Crippen LogP contribution in [0.15, 0.2) is 53.9 Å². The number of rotatable bonds is 8. The Kier molecular flexibility index (Phi) is 5.55. The summed E-state index contributed by atoms with van der Waals surface area (Å²) in [5.41, 5.74) is 1.34. The van der Waals surface area contributed by atoms with Gasteiger partial charge in [0.2, 0.25) is 0 Å². The van der Waals surface area contributed by atoms with E-state index in [9.17, 15) is 9.59 Å². The minimum absolute atomic E-state index is 0.0377. The molecular formula is C21H20ClN5O3S. The minimum atomic E-state index is -0.816. The molecule has 1 aromatic carbocycles. The molecule has 0 bridgehead atoms. The molecule has 2 aromatic heterocycles. The second-order valence-corrected chi connectivity index (χ2v) is 8.59. The van der Waals surface area contributed by atoms with E-state index in [1.165, 1.54) is 17.4 Å². The molecule has 1 aliphatic rings. The van der Waals surface area contributed by atoms with Gasteiger partial charge in [-0.05, 0) is 38.0 Å². The van der Waals surface area contributed by atoms with Crippen LogP contribution in [0.2, 0.25) is 0 Å². The third-order valence-electron chi connectivity index (χ3n) is 4.89. The second-order valence-electron chi connectivity index (χ2n) is 7.13. The molecule has 4 rings (SSSR count). The first-order chi connectivity index (χ1) is 14.8. The fraction of sp³-hybridized carbons (Fsp3) is 0.238. The first-order valence-corrected chi connectivity index (χ1v) is 10.8. The van der Waals surface area contributed by atoms with Crippen molar-refractivity contribution >= 4 is 61.1 Å². The van der Waals surface area contributed by atoms with Gasteiger partial charge in [0.1, 0.15) is 5.54 Å². The number of aromatic amines is 1. The number of halogens is 1. The van der Waals surface area contributed by atoms with Gasteiger partial charge in [-0.3, -0.25) is 15.2 Å². The van der Waals surface area contributed by atoms with E-state index in [4.69, 9.17) is 16.3 Å². The van der Waals surface area contributed by atoms with E-state index in [2.05, 4.69) is 39.0 Å². The monoisotopic (exact) mass is 457 g/mol. The molecule has 1 aliphatic carbocycles. The van der Waals surface area contributed by atoms with Crippen LogP contribution in [0, 0.1) is 0 Å². The quantitative estimate of drug-likeness (QED) is 0.268. The van der Waals surface area contributed by atoms with Crippen molar-refractivity contribution in [2.24, 2.45) is 0 Å². The topological polar surface area (TPSA) is 109 Å². The number of amides is 1. The van der Waals surface area contributed by atoms with Crippen LogP contribution in [0.3, 0.4) is 0 Å². The van der Waals surface area contributed by atoms with Crippen molar-refractivity contribution in [1.82, 2.24) is 20.5 Å². The number of carbonyl (C=O) groups excluding carboxylic acids is 2. The number of thiazole rings is 1. The Labute approximate surface area is 187 Å². The summed E-state index contributed by atoms with van der Waals surface area (Å²) in [6.45, 7) is 9.39. The summed E-state index contributed by atoms with van der Waals surface area (Å²) in [6.07, 6.45) is 4.43. The Balaban J connectivity index is 1.49. The van der Waals surface area contributed by atoms with Crippen LogP contribution in [0.1, 0.15) is 19.8 Å². The number of hydrogen-bond acceptors (Lipinski definition) is 7.